The van der Waals surface area contributed by atoms with Crippen LogP contribution in [0.15, 0.2) is 18.3 Å². The van der Waals surface area contributed by atoms with E-state index in [2.05, 4.69) is 10.2 Å². The van der Waals surface area contributed by atoms with Crippen molar-refractivity contribution in [2.45, 2.75) is 13.0 Å². The first-order chi connectivity index (χ1) is 4.84. The highest BCUT2D eigenvalue weighted by Gasteiger charge is 2.02. The lowest BCUT2D eigenvalue weighted by atomic mass is 10.3. The summed E-state index contributed by atoms with van der Waals surface area (Å²) in [7, 11) is 1.65. The highest BCUT2D eigenvalue weighted by atomic mass is 16.5. The molecule has 3 nitrogen and oxygen atoms in total. The fourth-order valence-electron chi connectivity index (χ4n) is 0.651. The number of methoxy groups -OCH3 is 1. The summed E-state index contributed by atoms with van der Waals surface area (Å²) in [6.45, 7) is 1.93. The van der Waals surface area contributed by atoms with Gasteiger partial charge in [0.1, 0.15) is 0 Å². The van der Waals surface area contributed by atoms with Crippen molar-refractivity contribution in [1.29, 1.82) is 0 Å². The van der Waals surface area contributed by atoms with Crippen LogP contribution in [0.3, 0.4) is 0 Å². The quantitative estimate of drug-likeness (QED) is 0.615. The van der Waals surface area contributed by atoms with Crippen LogP contribution in [-0.2, 0) is 4.74 Å². The zero-order chi connectivity index (χ0) is 7.40. The van der Waals surface area contributed by atoms with E-state index in [4.69, 9.17) is 4.74 Å². The van der Waals surface area contributed by atoms with Crippen LogP contribution in [0.5, 0.6) is 0 Å². The van der Waals surface area contributed by atoms with Crippen LogP contribution in [0.1, 0.15) is 18.7 Å². The van der Waals surface area contributed by atoms with Gasteiger partial charge in [-0.2, -0.15) is 10.2 Å². The minimum atomic E-state index is 0.0358. The fourth-order valence-corrected chi connectivity index (χ4v) is 0.651. The lowest BCUT2D eigenvalue weighted by Crippen LogP contribution is -1.99. The largest absolute Gasteiger partial charge is 0.375 e. The maximum Gasteiger partial charge on any atom is 0.0981 e. The average Bonchev–Trinajstić information content (AvgIpc) is 2.05. The second-order valence-electron chi connectivity index (χ2n) is 2.03. The molecule has 0 aromatic carbocycles. The van der Waals surface area contributed by atoms with Gasteiger partial charge in [-0.1, -0.05) is 0 Å². The Balaban J connectivity index is 2.75. The SMILES string of the molecule is COC(C)c1cccnn1. The summed E-state index contributed by atoms with van der Waals surface area (Å²) in [4.78, 5) is 0. The second kappa shape index (κ2) is 3.27. The van der Waals surface area contributed by atoms with Crippen LogP contribution in [0.4, 0.5) is 0 Å². The molecule has 54 valence electrons. The molecule has 0 spiro atoms. The van der Waals surface area contributed by atoms with Crippen LogP contribution in [0.25, 0.3) is 0 Å². The van der Waals surface area contributed by atoms with E-state index in [1.165, 1.54) is 0 Å². The van der Waals surface area contributed by atoms with E-state index in [0.29, 0.717) is 0 Å². The molecule has 0 radical (unpaired) electrons. The molecule has 0 aliphatic carbocycles. The summed E-state index contributed by atoms with van der Waals surface area (Å²) in [6, 6.07) is 3.74. The molecule has 0 fully saturated rings. The third kappa shape index (κ3) is 1.51. The van der Waals surface area contributed by atoms with Gasteiger partial charge in [-0.15, -0.1) is 0 Å². The molecular weight excluding hydrogens is 128 g/mol. The molecule has 1 unspecified atom stereocenters. The number of nitrogens with zero attached hydrogens (tertiary/aromatic N) is 2. The van der Waals surface area contributed by atoms with Crippen molar-refractivity contribution in [3.05, 3.63) is 24.0 Å². The molecule has 1 heterocycles. The molecule has 3 heteroatoms. The van der Waals surface area contributed by atoms with Crippen molar-refractivity contribution in [2.75, 3.05) is 7.11 Å². The highest BCUT2D eigenvalue weighted by molar-refractivity contribution is 5.01. The lowest BCUT2D eigenvalue weighted by molar-refractivity contribution is 0.115. The standard InChI is InChI=1S/C7H10N2O/c1-6(10-2)7-4-3-5-8-9-7/h3-6H,1-2H3. The van der Waals surface area contributed by atoms with Gasteiger partial charge >= 0.3 is 0 Å². The van der Waals surface area contributed by atoms with Crippen LogP contribution in [0, 0.1) is 0 Å². The Kier molecular flexibility index (Phi) is 2.34. The molecule has 0 aliphatic rings. The topological polar surface area (TPSA) is 35.0 Å². The minimum absolute atomic E-state index is 0.0358. The summed E-state index contributed by atoms with van der Waals surface area (Å²) in [6.07, 6.45) is 1.68. The summed E-state index contributed by atoms with van der Waals surface area (Å²) < 4.78 is 5.03. The van der Waals surface area contributed by atoms with Crippen molar-refractivity contribution in [3.8, 4) is 0 Å². The van der Waals surface area contributed by atoms with Gasteiger partial charge in [0.2, 0.25) is 0 Å². The minimum Gasteiger partial charge on any atom is -0.375 e. The van der Waals surface area contributed by atoms with E-state index in [1.54, 1.807) is 13.3 Å². The molecule has 1 aromatic heterocycles. The zero-order valence-electron chi connectivity index (χ0n) is 6.11. The monoisotopic (exact) mass is 138 g/mol. The van der Waals surface area contributed by atoms with E-state index in [1.807, 2.05) is 19.1 Å². The molecule has 0 saturated carbocycles. The Morgan fingerprint density at radius 3 is 2.90 bits per heavy atom. The average molecular weight is 138 g/mol. The number of aromatic nitrogens is 2. The third-order valence-corrected chi connectivity index (χ3v) is 1.36. The van der Waals surface area contributed by atoms with Gasteiger partial charge < -0.3 is 4.74 Å². The van der Waals surface area contributed by atoms with E-state index >= 15 is 0 Å². The Hall–Kier alpha value is -0.960. The molecule has 0 bridgehead atoms. The first-order valence-corrected chi connectivity index (χ1v) is 3.15. The fraction of sp³-hybridized carbons (Fsp3) is 0.429. The van der Waals surface area contributed by atoms with Crippen molar-refractivity contribution >= 4 is 0 Å². The number of ether oxygens (including phenoxy) is 1. The van der Waals surface area contributed by atoms with Gasteiger partial charge in [0.15, 0.2) is 0 Å². The predicted octanol–water partition coefficient (Wildman–Crippen LogP) is 1.18. The zero-order valence-corrected chi connectivity index (χ0v) is 6.11. The van der Waals surface area contributed by atoms with Gasteiger partial charge in [0, 0.05) is 13.3 Å². The lowest BCUT2D eigenvalue weighted by Gasteiger charge is -2.05. The van der Waals surface area contributed by atoms with Crippen LogP contribution < -0.4 is 0 Å². The van der Waals surface area contributed by atoms with Crippen molar-refractivity contribution in [2.24, 2.45) is 0 Å². The van der Waals surface area contributed by atoms with Gasteiger partial charge in [-0.3, -0.25) is 0 Å². The van der Waals surface area contributed by atoms with Crippen molar-refractivity contribution in [1.82, 2.24) is 10.2 Å². The van der Waals surface area contributed by atoms with Gasteiger partial charge in [0.25, 0.3) is 0 Å². The van der Waals surface area contributed by atoms with E-state index < -0.39 is 0 Å². The van der Waals surface area contributed by atoms with Crippen molar-refractivity contribution in [3.63, 3.8) is 0 Å². The molecule has 1 aromatic rings. The summed E-state index contributed by atoms with van der Waals surface area (Å²) in [5, 5.41) is 7.60. The molecular formula is C7H10N2O. The van der Waals surface area contributed by atoms with Crippen LogP contribution >= 0.6 is 0 Å². The number of rotatable bonds is 2. The van der Waals surface area contributed by atoms with E-state index in [0.717, 1.165) is 5.69 Å². The van der Waals surface area contributed by atoms with E-state index in [9.17, 15) is 0 Å². The van der Waals surface area contributed by atoms with Gasteiger partial charge in [-0.05, 0) is 19.1 Å². The normalized spacial score (nSPS) is 13.0. The van der Waals surface area contributed by atoms with Crippen LogP contribution in [-0.4, -0.2) is 17.3 Å². The second-order valence-corrected chi connectivity index (χ2v) is 2.03. The maximum atomic E-state index is 5.03. The molecule has 1 atom stereocenters. The molecule has 0 N–H and O–H groups in total. The Morgan fingerprint density at radius 2 is 2.40 bits per heavy atom. The Labute approximate surface area is 60.0 Å². The molecule has 10 heavy (non-hydrogen) atoms. The predicted molar refractivity (Wildman–Crippen MR) is 37.5 cm³/mol. The summed E-state index contributed by atoms with van der Waals surface area (Å²) in [5.74, 6) is 0. The first-order valence-electron chi connectivity index (χ1n) is 3.15. The van der Waals surface area contributed by atoms with Crippen LogP contribution in [0.2, 0.25) is 0 Å². The first kappa shape index (κ1) is 7.15. The van der Waals surface area contributed by atoms with Gasteiger partial charge in [-0.25, -0.2) is 0 Å². The molecule has 0 aliphatic heterocycles. The summed E-state index contributed by atoms with van der Waals surface area (Å²) >= 11 is 0. The highest BCUT2D eigenvalue weighted by Crippen LogP contribution is 2.09. The maximum absolute atomic E-state index is 5.03. The molecule has 0 amide bonds. The molecule has 1 rings (SSSR count). The summed E-state index contributed by atoms with van der Waals surface area (Å²) in [5.41, 5.74) is 0.866. The number of hydrogen-bond donors (Lipinski definition) is 0. The van der Waals surface area contributed by atoms with Gasteiger partial charge in [0.05, 0.1) is 11.8 Å². The number of hydrogen-bond acceptors (Lipinski definition) is 3. The van der Waals surface area contributed by atoms with Crippen molar-refractivity contribution < 1.29 is 4.74 Å². The van der Waals surface area contributed by atoms with E-state index in [-0.39, 0.29) is 6.10 Å². The Morgan fingerprint density at radius 1 is 1.60 bits per heavy atom. The molecule has 0 saturated heterocycles. The third-order valence-electron chi connectivity index (χ3n) is 1.36. The smallest absolute Gasteiger partial charge is 0.0981 e. The Bertz CT molecular complexity index is 188.